The molecule has 0 N–H and O–H groups in total. The zero-order chi connectivity index (χ0) is 20.8. The van der Waals surface area contributed by atoms with Gasteiger partial charge in [0.2, 0.25) is 0 Å². The molecule has 9 heteroatoms. The predicted molar refractivity (Wildman–Crippen MR) is 115 cm³/mol. The first-order chi connectivity index (χ1) is 14.0. The molecule has 0 atom stereocenters. The standard InChI is InChI=1S/C20H19N3O4S2/c1-3-7-22(8-4-2)16(24)11-27-17(25)10-23-13-21-19-18(20(23)26)14(12-29-19)15-6-5-9-28-15/h3-6,9,12-13H,1-2,7-8,10-11H2. The van der Waals surface area contributed by atoms with Gasteiger partial charge in [-0.05, 0) is 11.4 Å². The van der Waals surface area contributed by atoms with Gasteiger partial charge in [0.15, 0.2) is 6.61 Å². The van der Waals surface area contributed by atoms with Crippen molar-refractivity contribution in [3.63, 3.8) is 0 Å². The van der Waals surface area contributed by atoms with E-state index in [4.69, 9.17) is 4.74 Å². The molecule has 3 heterocycles. The topological polar surface area (TPSA) is 81.5 Å². The Morgan fingerprint density at radius 3 is 2.66 bits per heavy atom. The number of hydrogen-bond donors (Lipinski definition) is 0. The molecule has 0 bridgehead atoms. The molecule has 0 spiro atoms. The van der Waals surface area contributed by atoms with Crippen molar-refractivity contribution in [2.45, 2.75) is 6.54 Å². The Hall–Kier alpha value is -3.04. The van der Waals surface area contributed by atoms with Gasteiger partial charge in [-0.15, -0.1) is 35.8 Å². The molecule has 3 rings (SSSR count). The third-order valence-electron chi connectivity index (χ3n) is 4.06. The van der Waals surface area contributed by atoms with Crippen LogP contribution in [0.1, 0.15) is 0 Å². The molecule has 0 aliphatic carbocycles. The van der Waals surface area contributed by atoms with E-state index in [1.165, 1.54) is 38.5 Å². The molecule has 3 aromatic rings. The number of carbonyl (C=O) groups is 2. The van der Waals surface area contributed by atoms with Crippen LogP contribution in [0.25, 0.3) is 20.7 Å². The third-order valence-corrected chi connectivity index (χ3v) is 5.84. The van der Waals surface area contributed by atoms with E-state index >= 15 is 0 Å². The van der Waals surface area contributed by atoms with E-state index in [9.17, 15) is 14.4 Å². The Morgan fingerprint density at radius 2 is 2.00 bits per heavy atom. The summed E-state index contributed by atoms with van der Waals surface area (Å²) in [7, 11) is 0. The van der Waals surface area contributed by atoms with Gasteiger partial charge in [0.25, 0.3) is 11.5 Å². The molecule has 0 unspecified atom stereocenters. The highest BCUT2D eigenvalue weighted by Gasteiger charge is 2.17. The number of hydrogen-bond acceptors (Lipinski definition) is 7. The van der Waals surface area contributed by atoms with Crippen molar-refractivity contribution in [1.82, 2.24) is 14.5 Å². The van der Waals surface area contributed by atoms with E-state index in [1.54, 1.807) is 12.2 Å². The van der Waals surface area contributed by atoms with Crippen LogP contribution in [-0.2, 0) is 20.9 Å². The van der Waals surface area contributed by atoms with Crippen molar-refractivity contribution in [2.24, 2.45) is 0 Å². The molecule has 1 amide bonds. The highest BCUT2D eigenvalue weighted by atomic mass is 32.1. The number of fused-ring (bicyclic) bond motifs is 1. The number of esters is 1. The largest absolute Gasteiger partial charge is 0.454 e. The second-order valence-electron chi connectivity index (χ2n) is 6.02. The SMILES string of the molecule is C=CCN(CC=C)C(=O)COC(=O)Cn1cnc2scc(-c3cccs3)c2c1=O. The van der Waals surface area contributed by atoms with Gasteiger partial charge in [-0.2, -0.15) is 0 Å². The summed E-state index contributed by atoms with van der Waals surface area (Å²) < 4.78 is 6.25. The van der Waals surface area contributed by atoms with Gasteiger partial charge in [-0.25, -0.2) is 4.98 Å². The van der Waals surface area contributed by atoms with E-state index in [1.807, 2.05) is 22.9 Å². The fourth-order valence-electron chi connectivity index (χ4n) is 2.70. The monoisotopic (exact) mass is 429 g/mol. The van der Waals surface area contributed by atoms with Gasteiger partial charge in [0, 0.05) is 28.9 Å². The zero-order valence-electron chi connectivity index (χ0n) is 15.6. The van der Waals surface area contributed by atoms with E-state index in [2.05, 4.69) is 18.1 Å². The van der Waals surface area contributed by atoms with E-state index in [-0.39, 0.29) is 18.0 Å². The highest BCUT2D eigenvalue weighted by molar-refractivity contribution is 7.18. The lowest BCUT2D eigenvalue weighted by molar-refractivity contribution is -0.152. The average molecular weight is 430 g/mol. The highest BCUT2D eigenvalue weighted by Crippen LogP contribution is 2.33. The summed E-state index contributed by atoms with van der Waals surface area (Å²) in [6.45, 7) is 7.10. The molecular formula is C20H19N3O4S2. The van der Waals surface area contributed by atoms with Crippen LogP contribution in [0.2, 0.25) is 0 Å². The molecular weight excluding hydrogens is 410 g/mol. The summed E-state index contributed by atoms with van der Waals surface area (Å²) in [5, 5.41) is 4.30. The molecule has 0 aliphatic heterocycles. The normalized spacial score (nSPS) is 10.6. The first-order valence-electron chi connectivity index (χ1n) is 8.70. The Bertz CT molecular complexity index is 1090. The van der Waals surface area contributed by atoms with Gasteiger partial charge in [0.1, 0.15) is 11.4 Å². The summed E-state index contributed by atoms with van der Waals surface area (Å²) >= 11 is 2.91. The second kappa shape index (κ2) is 9.44. The van der Waals surface area contributed by atoms with Crippen LogP contribution in [0.4, 0.5) is 0 Å². The Labute approximate surface area is 175 Å². The predicted octanol–water partition coefficient (Wildman–Crippen LogP) is 2.93. The van der Waals surface area contributed by atoms with Crippen molar-refractivity contribution in [3.8, 4) is 10.4 Å². The minimum absolute atomic E-state index is 0.317. The molecule has 0 radical (unpaired) electrons. The minimum atomic E-state index is -0.688. The van der Waals surface area contributed by atoms with Crippen LogP contribution >= 0.6 is 22.7 Å². The minimum Gasteiger partial charge on any atom is -0.454 e. The molecule has 150 valence electrons. The Morgan fingerprint density at radius 1 is 1.24 bits per heavy atom. The molecule has 0 fully saturated rings. The Kier molecular flexibility index (Phi) is 6.73. The van der Waals surface area contributed by atoms with Crippen molar-refractivity contribution < 1.29 is 14.3 Å². The maximum absolute atomic E-state index is 12.9. The number of nitrogens with zero attached hydrogens (tertiary/aromatic N) is 3. The molecule has 7 nitrogen and oxygen atoms in total. The summed E-state index contributed by atoms with van der Waals surface area (Å²) in [5.74, 6) is -1.05. The van der Waals surface area contributed by atoms with Crippen molar-refractivity contribution >= 4 is 44.8 Å². The van der Waals surface area contributed by atoms with E-state index in [0.29, 0.717) is 23.3 Å². The molecule has 0 saturated carbocycles. The molecule has 3 aromatic heterocycles. The van der Waals surface area contributed by atoms with Crippen LogP contribution in [-0.4, -0.2) is 46.0 Å². The van der Waals surface area contributed by atoms with E-state index < -0.39 is 12.6 Å². The second-order valence-corrected chi connectivity index (χ2v) is 7.83. The molecule has 0 aliphatic rings. The maximum atomic E-state index is 12.9. The summed E-state index contributed by atoms with van der Waals surface area (Å²) in [6.07, 6.45) is 4.48. The van der Waals surface area contributed by atoms with Crippen molar-refractivity contribution in [3.05, 3.63) is 64.9 Å². The number of rotatable bonds is 9. The van der Waals surface area contributed by atoms with Crippen LogP contribution in [0.3, 0.4) is 0 Å². The van der Waals surface area contributed by atoms with Crippen molar-refractivity contribution in [1.29, 1.82) is 0 Å². The summed E-state index contributed by atoms with van der Waals surface area (Å²) in [5.41, 5.74) is 0.489. The smallest absolute Gasteiger partial charge is 0.326 e. The lowest BCUT2D eigenvalue weighted by Gasteiger charge is -2.19. The zero-order valence-corrected chi connectivity index (χ0v) is 17.2. The maximum Gasteiger partial charge on any atom is 0.326 e. The molecule has 0 aromatic carbocycles. The van der Waals surface area contributed by atoms with Gasteiger partial charge in [0.05, 0.1) is 11.7 Å². The van der Waals surface area contributed by atoms with Crippen molar-refractivity contribution in [2.75, 3.05) is 19.7 Å². The number of carbonyl (C=O) groups excluding carboxylic acids is 2. The van der Waals surface area contributed by atoms with Gasteiger partial charge >= 0.3 is 5.97 Å². The first kappa shape index (κ1) is 20.7. The number of aromatic nitrogens is 2. The fraction of sp³-hybridized carbons (Fsp3) is 0.200. The van der Waals surface area contributed by atoms with E-state index in [0.717, 1.165) is 10.4 Å². The number of amides is 1. The van der Waals surface area contributed by atoms with Crippen LogP contribution in [0, 0.1) is 0 Å². The molecule has 29 heavy (non-hydrogen) atoms. The third kappa shape index (κ3) is 4.69. The summed E-state index contributed by atoms with van der Waals surface area (Å²) in [6, 6.07) is 3.84. The number of ether oxygens (including phenoxy) is 1. The van der Waals surface area contributed by atoms with Crippen LogP contribution in [0.15, 0.2) is 59.3 Å². The lowest BCUT2D eigenvalue weighted by Crippen LogP contribution is -2.35. The average Bonchev–Trinajstić information content (AvgIpc) is 3.37. The Balaban J connectivity index is 1.72. The van der Waals surface area contributed by atoms with Crippen LogP contribution in [0.5, 0.6) is 0 Å². The van der Waals surface area contributed by atoms with Crippen LogP contribution < -0.4 is 5.56 Å². The van der Waals surface area contributed by atoms with Gasteiger partial charge in [-0.3, -0.25) is 19.0 Å². The van der Waals surface area contributed by atoms with Gasteiger partial charge < -0.3 is 9.64 Å². The fourth-order valence-corrected chi connectivity index (χ4v) is 4.42. The quantitative estimate of drug-likeness (QED) is 0.386. The lowest BCUT2D eigenvalue weighted by atomic mass is 10.2. The summed E-state index contributed by atoms with van der Waals surface area (Å²) in [4.78, 5) is 44.5. The first-order valence-corrected chi connectivity index (χ1v) is 10.5. The molecule has 0 saturated heterocycles. The number of thiophene rings is 2. The van der Waals surface area contributed by atoms with Gasteiger partial charge in [-0.1, -0.05) is 18.2 Å².